The maximum Gasteiger partial charge on any atom is 0.165 e. The van der Waals surface area contributed by atoms with Gasteiger partial charge in [-0.1, -0.05) is 18.9 Å². The molecule has 0 spiro atoms. The molecule has 2 saturated carbocycles. The minimum absolute atomic E-state index is 0.0768. The van der Waals surface area contributed by atoms with Gasteiger partial charge in [0.2, 0.25) is 0 Å². The number of aliphatic hydroxyl groups is 1. The van der Waals surface area contributed by atoms with E-state index in [2.05, 4.69) is 0 Å². The molecule has 2 aliphatic carbocycles. The molecule has 1 aromatic rings. The molecule has 1 aromatic carbocycles. The summed E-state index contributed by atoms with van der Waals surface area (Å²) >= 11 is 0. The topological polar surface area (TPSA) is 29.5 Å². The van der Waals surface area contributed by atoms with Gasteiger partial charge in [-0.25, -0.2) is 4.39 Å². The first-order valence-corrected chi connectivity index (χ1v) is 6.80. The van der Waals surface area contributed by atoms with E-state index >= 15 is 0 Å². The van der Waals surface area contributed by atoms with Crippen LogP contribution in [0.1, 0.15) is 37.7 Å². The number of ether oxygens (including phenoxy) is 1. The number of benzene rings is 1. The second-order valence-electron chi connectivity index (χ2n) is 5.68. The molecule has 2 bridgehead atoms. The first kappa shape index (κ1) is 12.0. The Bertz CT molecular complexity index is 421. The molecule has 18 heavy (non-hydrogen) atoms. The lowest BCUT2D eigenvalue weighted by atomic mass is 9.87. The highest BCUT2D eigenvalue weighted by molar-refractivity contribution is 5.30. The third-order valence-corrected chi connectivity index (χ3v) is 4.31. The Morgan fingerprint density at radius 3 is 2.56 bits per heavy atom. The van der Waals surface area contributed by atoms with Crippen LogP contribution in [0.25, 0.3) is 0 Å². The number of fused-ring (bicyclic) bond motifs is 2. The number of hydrogen-bond donors (Lipinski definition) is 1. The maximum atomic E-state index is 13.7. The lowest BCUT2D eigenvalue weighted by Crippen LogP contribution is -2.26. The van der Waals surface area contributed by atoms with Crippen LogP contribution < -0.4 is 4.74 Å². The van der Waals surface area contributed by atoms with Crippen LogP contribution in [0.3, 0.4) is 0 Å². The van der Waals surface area contributed by atoms with Crippen LogP contribution in [-0.2, 0) is 6.61 Å². The molecule has 0 radical (unpaired) electrons. The summed E-state index contributed by atoms with van der Waals surface area (Å²) in [5.74, 6) is 1.52. The van der Waals surface area contributed by atoms with E-state index in [1.807, 2.05) is 0 Å². The van der Waals surface area contributed by atoms with E-state index in [9.17, 15) is 4.39 Å². The third kappa shape index (κ3) is 2.37. The fourth-order valence-corrected chi connectivity index (χ4v) is 3.46. The van der Waals surface area contributed by atoms with Crippen LogP contribution in [-0.4, -0.2) is 11.2 Å². The van der Waals surface area contributed by atoms with E-state index in [1.165, 1.54) is 25.3 Å². The van der Waals surface area contributed by atoms with E-state index < -0.39 is 0 Å². The summed E-state index contributed by atoms with van der Waals surface area (Å²) in [6.07, 6.45) is 6.21. The van der Waals surface area contributed by atoms with Gasteiger partial charge < -0.3 is 9.84 Å². The highest BCUT2D eigenvalue weighted by Gasteiger charge is 2.35. The predicted molar refractivity (Wildman–Crippen MR) is 66.8 cm³/mol. The van der Waals surface area contributed by atoms with Crippen molar-refractivity contribution < 1.29 is 14.2 Å². The summed E-state index contributed by atoms with van der Waals surface area (Å²) in [6.45, 7) is -0.0768. The molecule has 0 saturated heterocycles. The molecule has 2 aliphatic rings. The summed E-state index contributed by atoms with van der Waals surface area (Å²) in [7, 11) is 0. The van der Waals surface area contributed by atoms with Crippen molar-refractivity contribution in [2.45, 2.75) is 44.8 Å². The molecule has 3 heteroatoms. The summed E-state index contributed by atoms with van der Waals surface area (Å²) in [5, 5.41) is 9.07. The van der Waals surface area contributed by atoms with E-state index in [1.54, 1.807) is 12.1 Å². The molecule has 3 atom stereocenters. The van der Waals surface area contributed by atoms with Gasteiger partial charge in [0.15, 0.2) is 11.6 Å². The molecular weight excluding hydrogens is 231 g/mol. The quantitative estimate of drug-likeness (QED) is 0.892. The molecule has 3 rings (SSSR count). The monoisotopic (exact) mass is 250 g/mol. The highest BCUT2D eigenvalue weighted by atomic mass is 19.1. The zero-order valence-corrected chi connectivity index (χ0v) is 10.4. The molecule has 1 N–H and O–H groups in total. The Morgan fingerprint density at radius 2 is 1.89 bits per heavy atom. The normalized spacial score (nSPS) is 30.4. The SMILES string of the molecule is OCc1ccc(F)c(OC2C[C@H]3CC[C@@H](C2)C3)c1. The fourth-order valence-electron chi connectivity index (χ4n) is 3.46. The number of aliphatic hydroxyl groups excluding tert-OH is 1. The average Bonchev–Trinajstić information content (AvgIpc) is 2.71. The molecule has 0 amide bonds. The summed E-state index contributed by atoms with van der Waals surface area (Å²) in [6, 6.07) is 4.58. The van der Waals surface area contributed by atoms with Crippen LogP contribution in [0.2, 0.25) is 0 Å². The van der Waals surface area contributed by atoms with Crippen molar-refractivity contribution in [1.82, 2.24) is 0 Å². The lowest BCUT2D eigenvalue weighted by molar-refractivity contribution is 0.114. The smallest absolute Gasteiger partial charge is 0.165 e. The van der Waals surface area contributed by atoms with Crippen LogP contribution in [0.15, 0.2) is 18.2 Å². The van der Waals surface area contributed by atoms with Gasteiger partial charge in [0.25, 0.3) is 0 Å². The van der Waals surface area contributed by atoms with Crippen molar-refractivity contribution in [3.8, 4) is 5.75 Å². The first-order valence-electron chi connectivity index (χ1n) is 6.80. The summed E-state index contributed by atoms with van der Waals surface area (Å²) < 4.78 is 19.5. The van der Waals surface area contributed by atoms with Crippen molar-refractivity contribution in [2.75, 3.05) is 0 Å². The third-order valence-electron chi connectivity index (χ3n) is 4.31. The standard InChI is InChI=1S/C15H19FO2/c16-14-4-3-12(9-17)8-15(14)18-13-6-10-1-2-11(5-10)7-13/h3-4,8,10-11,13,17H,1-2,5-7,9H2/t10-,11+,13?. The number of halogens is 1. The van der Waals surface area contributed by atoms with Gasteiger partial charge in [-0.2, -0.15) is 0 Å². The fraction of sp³-hybridized carbons (Fsp3) is 0.600. The lowest BCUT2D eigenvalue weighted by Gasteiger charge is -2.28. The van der Waals surface area contributed by atoms with Gasteiger partial charge in [-0.05, 0) is 48.8 Å². The molecule has 0 aromatic heterocycles. The zero-order valence-electron chi connectivity index (χ0n) is 10.4. The Hall–Kier alpha value is -1.09. The minimum atomic E-state index is -0.329. The van der Waals surface area contributed by atoms with Crippen molar-refractivity contribution >= 4 is 0 Å². The van der Waals surface area contributed by atoms with E-state index in [-0.39, 0.29) is 18.5 Å². The second kappa shape index (κ2) is 4.88. The Balaban J connectivity index is 1.72. The van der Waals surface area contributed by atoms with Gasteiger partial charge in [0.1, 0.15) is 0 Å². The van der Waals surface area contributed by atoms with Crippen molar-refractivity contribution in [3.05, 3.63) is 29.6 Å². The molecule has 1 unspecified atom stereocenters. The Kier molecular flexibility index (Phi) is 3.25. The molecular formula is C15H19FO2. The molecule has 2 fully saturated rings. The minimum Gasteiger partial charge on any atom is -0.487 e. The Labute approximate surface area is 107 Å². The van der Waals surface area contributed by atoms with E-state index in [0.717, 1.165) is 24.7 Å². The Morgan fingerprint density at radius 1 is 1.17 bits per heavy atom. The van der Waals surface area contributed by atoms with Crippen LogP contribution >= 0.6 is 0 Å². The van der Waals surface area contributed by atoms with Crippen LogP contribution in [0.5, 0.6) is 5.75 Å². The largest absolute Gasteiger partial charge is 0.487 e. The van der Waals surface area contributed by atoms with E-state index in [4.69, 9.17) is 9.84 Å². The first-order chi connectivity index (χ1) is 8.74. The predicted octanol–water partition coefficient (Wildman–Crippen LogP) is 3.28. The summed E-state index contributed by atoms with van der Waals surface area (Å²) in [5.41, 5.74) is 0.699. The van der Waals surface area contributed by atoms with E-state index in [0.29, 0.717) is 11.3 Å². The number of rotatable bonds is 3. The average molecular weight is 250 g/mol. The highest BCUT2D eigenvalue weighted by Crippen LogP contribution is 2.43. The number of hydrogen-bond acceptors (Lipinski definition) is 2. The molecule has 2 nitrogen and oxygen atoms in total. The maximum absolute atomic E-state index is 13.7. The van der Waals surface area contributed by atoms with Crippen LogP contribution in [0, 0.1) is 17.7 Å². The van der Waals surface area contributed by atoms with Crippen molar-refractivity contribution in [3.63, 3.8) is 0 Å². The van der Waals surface area contributed by atoms with Crippen molar-refractivity contribution in [1.29, 1.82) is 0 Å². The molecule has 0 heterocycles. The second-order valence-corrected chi connectivity index (χ2v) is 5.68. The van der Waals surface area contributed by atoms with Gasteiger partial charge in [0, 0.05) is 0 Å². The summed E-state index contributed by atoms with van der Waals surface area (Å²) in [4.78, 5) is 0. The van der Waals surface area contributed by atoms with Gasteiger partial charge in [-0.3, -0.25) is 0 Å². The van der Waals surface area contributed by atoms with Crippen LogP contribution in [0.4, 0.5) is 4.39 Å². The molecule has 98 valence electrons. The van der Waals surface area contributed by atoms with Gasteiger partial charge in [-0.15, -0.1) is 0 Å². The zero-order chi connectivity index (χ0) is 12.5. The van der Waals surface area contributed by atoms with Gasteiger partial charge in [0.05, 0.1) is 12.7 Å². The van der Waals surface area contributed by atoms with Crippen molar-refractivity contribution in [2.24, 2.45) is 11.8 Å². The molecule has 0 aliphatic heterocycles. The van der Waals surface area contributed by atoms with Gasteiger partial charge >= 0.3 is 0 Å².